The van der Waals surface area contributed by atoms with Crippen LogP contribution in [0.2, 0.25) is 0 Å². The first-order chi connectivity index (χ1) is 13.1. The van der Waals surface area contributed by atoms with Crippen LogP contribution in [-0.4, -0.2) is 12.7 Å². The normalized spacial score (nSPS) is 23.6. The van der Waals surface area contributed by atoms with Crippen LogP contribution >= 0.6 is 0 Å². The Morgan fingerprint density at radius 1 is 0.963 bits per heavy atom. The number of anilines is 2. The second kappa shape index (κ2) is 4.86. The van der Waals surface area contributed by atoms with Gasteiger partial charge in [-0.3, -0.25) is 0 Å². The Morgan fingerprint density at radius 3 is 2.63 bits per heavy atom. The van der Waals surface area contributed by atoms with Crippen LogP contribution in [0.5, 0.6) is 0 Å². The third kappa shape index (κ3) is 1.72. The lowest BCUT2D eigenvalue weighted by atomic mass is 9.90. The number of benzene rings is 3. The highest BCUT2D eigenvalue weighted by Gasteiger charge is 2.54. The summed E-state index contributed by atoms with van der Waals surface area (Å²) in [5.74, 6) is 0. The van der Waals surface area contributed by atoms with Gasteiger partial charge in [-0.15, -0.1) is 0 Å². The van der Waals surface area contributed by atoms with E-state index in [1.165, 1.54) is 33.3 Å². The quantitative estimate of drug-likeness (QED) is 0.431. The van der Waals surface area contributed by atoms with Gasteiger partial charge in [0.25, 0.3) is 0 Å². The summed E-state index contributed by atoms with van der Waals surface area (Å²) in [4.78, 5) is 5.10. The van der Waals surface area contributed by atoms with Crippen molar-refractivity contribution in [3.8, 4) is 0 Å². The first kappa shape index (κ1) is 15.2. The molecule has 0 N–H and O–H groups in total. The third-order valence-corrected chi connectivity index (χ3v) is 6.59. The van der Waals surface area contributed by atoms with Crippen molar-refractivity contribution in [2.45, 2.75) is 32.5 Å². The molecule has 0 saturated carbocycles. The Morgan fingerprint density at radius 2 is 1.74 bits per heavy atom. The lowest BCUT2D eigenvalue weighted by Gasteiger charge is -2.43. The van der Waals surface area contributed by atoms with Crippen molar-refractivity contribution < 1.29 is 4.42 Å². The van der Waals surface area contributed by atoms with Crippen LogP contribution in [0.3, 0.4) is 0 Å². The van der Waals surface area contributed by atoms with Crippen LogP contribution in [0, 0.1) is 6.92 Å². The lowest BCUT2D eigenvalue weighted by molar-refractivity contribution is 0.509. The van der Waals surface area contributed by atoms with Crippen molar-refractivity contribution in [1.82, 2.24) is 0 Å². The van der Waals surface area contributed by atoms with E-state index in [-0.39, 0.29) is 5.54 Å². The third-order valence-electron chi connectivity index (χ3n) is 6.59. The zero-order valence-corrected chi connectivity index (χ0v) is 15.9. The highest BCUT2D eigenvalue weighted by atomic mass is 16.3. The molecule has 2 aliphatic heterocycles. The van der Waals surface area contributed by atoms with Gasteiger partial charge in [-0.1, -0.05) is 48.5 Å². The SMILES string of the molecule is Cc1ccc2c(oc3ccccc32)c1N1[C@@H](C)N2CC1(C)c1ccccc12. The molecular weight excluding hydrogens is 332 g/mol. The van der Waals surface area contributed by atoms with E-state index in [0.29, 0.717) is 6.17 Å². The Labute approximate surface area is 158 Å². The van der Waals surface area contributed by atoms with E-state index in [2.05, 4.69) is 85.2 Å². The fourth-order valence-corrected chi connectivity index (χ4v) is 5.38. The first-order valence-electron chi connectivity index (χ1n) is 9.66. The van der Waals surface area contributed by atoms with E-state index < -0.39 is 0 Å². The van der Waals surface area contributed by atoms with Crippen molar-refractivity contribution in [2.24, 2.45) is 0 Å². The molecule has 3 heterocycles. The van der Waals surface area contributed by atoms with E-state index in [1.54, 1.807) is 0 Å². The maximum Gasteiger partial charge on any atom is 0.159 e. The second-order valence-corrected chi connectivity index (χ2v) is 8.13. The summed E-state index contributed by atoms with van der Waals surface area (Å²) >= 11 is 0. The van der Waals surface area contributed by atoms with E-state index in [1.807, 2.05) is 6.07 Å². The van der Waals surface area contributed by atoms with Gasteiger partial charge in [0.05, 0.1) is 17.4 Å². The molecule has 1 unspecified atom stereocenters. The van der Waals surface area contributed by atoms with Crippen molar-refractivity contribution in [3.05, 3.63) is 71.8 Å². The molecule has 6 rings (SSSR count). The van der Waals surface area contributed by atoms with Gasteiger partial charge < -0.3 is 14.2 Å². The molecule has 4 aromatic rings. The van der Waals surface area contributed by atoms with Crippen LogP contribution < -0.4 is 9.80 Å². The van der Waals surface area contributed by atoms with Gasteiger partial charge in [0.1, 0.15) is 5.58 Å². The standard InChI is InChI=1S/C24H22N2O/c1-15-12-13-18-17-8-4-7-11-21(17)27-23(18)22(15)26-16(2)25-14-24(26,3)19-9-5-6-10-20(19)25/h4-13,16H,14H2,1-3H3/t16-,24?/m0/s1. The Balaban J connectivity index is 1.66. The van der Waals surface area contributed by atoms with Gasteiger partial charge >= 0.3 is 0 Å². The number of fused-ring (bicyclic) bond motifs is 8. The molecule has 1 saturated heterocycles. The molecule has 1 fully saturated rings. The molecule has 3 heteroatoms. The average Bonchev–Trinajstić information content (AvgIpc) is 3.28. The van der Waals surface area contributed by atoms with Crippen molar-refractivity contribution >= 4 is 33.3 Å². The number of aryl methyl sites for hydroxylation is 1. The summed E-state index contributed by atoms with van der Waals surface area (Å²) in [6.45, 7) is 7.90. The molecule has 0 aliphatic carbocycles. The molecule has 0 radical (unpaired) electrons. The van der Waals surface area contributed by atoms with Gasteiger partial charge in [-0.05, 0) is 38.5 Å². The highest BCUT2D eigenvalue weighted by molar-refractivity contribution is 6.10. The minimum absolute atomic E-state index is 0.0476. The van der Waals surface area contributed by atoms with E-state index in [4.69, 9.17) is 4.42 Å². The van der Waals surface area contributed by atoms with E-state index >= 15 is 0 Å². The minimum Gasteiger partial charge on any atom is -0.454 e. The molecule has 2 aliphatic rings. The van der Waals surface area contributed by atoms with E-state index in [0.717, 1.165) is 17.7 Å². The molecule has 3 nitrogen and oxygen atoms in total. The molecule has 0 amide bonds. The van der Waals surface area contributed by atoms with E-state index in [9.17, 15) is 0 Å². The van der Waals surface area contributed by atoms with Crippen LogP contribution in [-0.2, 0) is 5.54 Å². The van der Waals surface area contributed by atoms with Gasteiger partial charge in [-0.2, -0.15) is 0 Å². The first-order valence-corrected chi connectivity index (χ1v) is 9.66. The predicted molar refractivity (Wildman–Crippen MR) is 112 cm³/mol. The number of nitrogens with zero attached hydrogens (tertiary/aromatic N) is 2. The molecule has 1 aromatic heterocycles. The average molecular weight is 354 g/mol. The Kier molecular flexibility index (Phi) is 2.73. The molecule has 2 bridgehead atoms. The number of hydrogen-bond donors (Lipinski definition) is 0. The van der Waals surface area contributed by atoms with Gasteiger partial charge in [0.15, 0.2) is 5.58 Å². The molecule has 27 heavy (non-hydrogen) atoms. The van der Waals surface area contributed by atoms with Crippen molar-refractivity contribution in [3.63, 3.8) is 0 Å². The van der Waals surface area contributed by atoms with Crippen LogP contribution in [0.25, 0.3) is 21.9 Å². The van der Waals surface area contributed by atoms with Crippen LogP contribution in [0.1, 0.15) is 25.0 Å². The maximum absolute atomic E-state index is 6.41. The molecule has 2 atom stereocenters. The number of para-hydroxylation sites is 2. The molecule has 0 spiro atoms. The smallest absolute Gasteiger partial charge is 0.159 e. The summed E-state index contributed by atoms with van der Waals surface area (Å²) in [6.07, 6.45) is 0.294. The zero-order chi connectivity index (χ0) is 18.3. The number of rotatable bonds is 1. The summed E-state index contributed by atoms with van der Waals surface area (Å²) in [7, 11) is 0. The van der Waals surface area contributed by atoms with Crippen LogP contribution in [0.15, 0.2) is 65.1 Å². The van der Waals surface area contributed by atoms with Gasteiger partial charge in [-0.25, -0.2) is 0 Å². The highest BCUT2D eigenvalue weighted by Crippen LogP contribution is 2.54. The summed E-state index contributed by atoms with van der Waals surface area (Å²) in [6, 6.07) is 21.6. The zero-order valence-electron chi connectivity index (χ0n) is 15.9. The molecule has 3 aromatic carbocycles. The summed E-state index contributed by atoms with van der Waals surface area (Å²) < 4.78 is 6.41. The monoisotopic (exact) mass is 354 g/mol. The fraction of sp³-hybridized carbons (Fsp3) is 0.250. The summed E-state index contributed by atoms with van der Waals surface area (Å²) in [5, 5.41) is 2.39. The topological polar surface area (TPSA) is 19.6 Å². The van der Waals surface area contributed by atoms with Gasteiger partial charge in [0, 0.05) is 28.6 Å². The fourth-order valence-electron chi connectivity index (χ4n) is 5.38. The Bertz CT molecular complexity index is 1220. The number of hydrogen-bond acceptors (Lipinski definition) is 3. The van der Waals surface area contributed by atoms with Crippen LogP contribution in [0.4, 0.5) is 11.4 Å². The van der Waals surface area contributed by atoms with Gasteiger partial charge in [0.2, 0.25) is 0 Å². The largest absolute Gasteiger partial charge is 0.454 e. The minimum atomic E-state index is -0.0476. The maximum atomic E-state index is 6.41. The predicted octanol–water partition coefficient (Wildman–Crippen LogP) is 5.80. The van der Waals surface area contributed by atoms with Crippen molar-refractivity contribution in [2.75, 3.05) is 16.3 Å². The molecular formula is C24H22N2O. The Hall–Kier alpha value is -2.94. The summed E-state index contributed by atoms with van der Waals surface area (Å²) in [5.41, 5.74) is 7.21. The lowest BCUT2D eigenvalue weighted by Crippen LogP contribution is -2.47. The second-order valence-electron chi connectivity index (χ2n) is 8.13. The molecule has 134 valence electrons. The number of furan rings is 1. The van der Waals surface area contributed by atoms with Crippen molar-refractivity contribution in [1.29, 1.82) is 0 Å².